The minimum absolute atomic E-state index is 0.0531. The molecule has 4 heteroatoms. The van der Waals surface area contributed by atoms with Crippen LogP contribution in [-0.2, 0) is 11.3 Å². The Labute approximate surface area is 143 Å². The highest BCUT2D eigenvalue weighted by Crippen LogP contribution is 2.60. The molecule has 0 bridgehead atoms. The predicted octanol–water partition coefficient (Wildman–Crippen LogP) is 3.52. The highest BCUT2D eigenvalue weighted by Gasteiger charge is 2.57. The van der Waals surface area contributed by atoms with E-state index in [1.54, 1.807) is 14.2 Å². The number of hydrogen-bond donors (Lipinski definition) is 1. The molecule has 1 aromatic carbocycles. The summed E-state index contributed by atoms with van der Waals surface area (Å²) in [5, 5.41) is 14.9. The van der Waals surface area contributed by atoms with Crippen LogP contribution < -0.4 is 4.74 Å². The van der Waals surface area contributed by atoms with E-state index in [1.807, 2.05) is 0 Å². The number of benzene rings is 1. The molecule has 5 atom stereocenters. The maximum atomic E-state index is 10.8. The molecule has 0 unspecified atom stereocenters. The third-order valence-corrected chi connectivity index (χ3v) is 6.95. The number of aliphatic hydroxyl groups excluding tert-OH is 1. The van der Waals surface area contributed by atoms with Crippen LogP contribution in [0.4, 0.5) is 0 Å². The number of rotatable bonds is 2. The second kappa shape index (κ2) is 5.76. The molecule has 24 heavy (non-hydrogen) atoms. The van der Waals surface area contributed by atoms with E-state index >= 15 is 0 Å². The summed E-state index contributed by atoms with van der Waals surface area (Å²) in [5.41, 5.74) is 3.73. The van der Waals surface area contributed by atoms with E-state index in [1.165, 1.54) is 17.5 Å². The molecule has 1 aromatic rings. The zero-order chi connectivity index (χ0) is 16.9. The molecule has 130 valence electrons. The number of fused-ring (bicyclic) bond motifs is 5. The molecule has 3 aliphatic rings. The van der Waals surface area contributed by atoms with E-state index in [9.17, 15) is 5.11 Å². The largest absolute Gasteiger partial charge is 0.497 e. The average Bonchev–Trinajstić information content (AvgIpc) is 2.86. The lowest BCUT2D eigenvalue weighted by atomic mass is 9.55. The molecule has 0 aliphatic heterocycles. The van der Waals surface area contributed by atoms with Gasteiger partial charge in [0.05, 0.1) is 12.8 Å². The zero-order valence-electron chi connectivity index (χ0n) is 14.8. The van der Waals surface area contributed by atoms with Crippen molar-refractivity contribution in [1.29, 1.82) is 0 Å². The Morgan fingerprint density at radius 3 is 2.83 bits per heavy atom. The van der Waals surface area contributed by atoms with E-state index in [4.69, 9.17) is 9.57 Å². The number of nitrogens with zero attached hydrogens (tertiary/aromatic N) is 1. The molecule has 0 spiro atoms. The van der Waals surface area contributed by atoms with Gasteiger partial charge in [-0.1, -0.05) is 18.1 Å². The summed E-state index contributed by atoms with van der Waals surface area (Å²) in [7, 11) is 3.30. The summed E-state index contributed by atoms with van der Waals surface area (Å²) in [6.45, 7) is 2.25. The molecule has 4 nitrogen and oxygen atoms in total. The van der Waals surface area contributed by atoms with Gasteiger partial charge in [-0.2, -0.15) is 0 Å². The lowest BCUT2D eigenvalue weighted by Gasteiger charge is -2.49. The SMILES string of the molecule is CO/N=C1/C[C@H]2[C@@H]3CCc4cc(OC)ccc4[C@H]3CC[C@]2(C)[C@H]1O. The van der Waals surface area contributed by atoms with Crippen molar-refractivity contribution in [2.75, 3.05) is 14.2 Å². The van der Waals surface area contributed by atoms with Crippen molar-refractivity contribution in [2.45, 2.75) is 51.0 Å². The van der Waals surface area contributed by atoms with Crippen LogP contribution in [0.25, 0.3) is 0 Å². The molecular formula is C20H27NO3. The quantitative estimate of drug-likeness (QED) is 0.845. The van der Waals surface area contributed by atoms with Gasteiger partial charge in [-0.05, 0) is 73.1 Å². The van der Waals surface area contributed by atoms with Crippen LogP contribution in [-0.4, -0.2) is 31.1 Å². The third kappa shape index (κ3) is 2.19. The van der Waals surface area contributed by atoms with Crippen molar-refractivity contribution in [3.8, 4) is 5.75 Å². The molecule has 0 radical (unpaired) electrons. The molecule has 0 heterocycles. The molecule has 2 saturated carbocycles. The molecular weight excluding hydrogens is 302 g/mol. The summed E-state index contributed by atoms with van der Waals surface area (Å²) < 4.78 is 5.39. The standard InChI is InChI=1S/C20H27NO3/c1-20-9-8-15-14-7-5-13(23-2)10-12(14)4-6-16(15)17(20)11-18(19(20)22)21-24-3/h5,7,10,15-17,19,22H,4,6,8-9,11H2,1-3H3/b21-18-/t15-,16-,17+,19+,20+/m1/s1. The summed E-state index contributed by atoms with van der Waals surface area (Å²) in [6.07, 6.45) is 4.91. The normalized spacial score (nSPS) is 39.1. The molecule has 2 fully saturated rings. The Kier molecular flexibility index (Phi) is 3.83. The number of hydrogen-bond acceptors (Lipinski definition) is 4. The van der Waals surface area contributed by atoms with Gasteiger partial charge in [0.2, 0.25) is 0 Å². The number of oxime groups is 1. The fourth-order valence-electron chi connectivity index (χ4n) is 5.68. The van der Waals surface area contributed by atoms with Gasteiger partial charge in [-0.25, -0.2) is 0 Å². The third-order valence-electron chi connectivity index (χ3n) is 6.95. The second-order valence-corrected chi connectivity index (χ2v) is 7.90. The first kappa shape index (κ1) is 15.9. The first-order valence-electron chi connectivity index (χ1n) is 9.03. The van der Waals surface area contributed by atoms with Crippen LogP contribution in [0.15, 0.2) is 23.4 Å². The number of aryl methyl sites for hydroxylation is 1. The molecule has 0 amide bonds. The van der Waals surface area contributed by atoms with Gasteiger partial charge in [-0.3, -0.25) is 0 Å². The lowest BCUT2D eigenvalue weighted by Crippen LogP contribution is -2.44. The van der Waals surface area contributed by atoms with Crippen LogP contribution in [0.3, 0.4) is 0 Å². The van der Waals surface area contributed by atoms with Gasteiger partial charge in [-0.15, -0.1) is 0 Å². The molecule has 1 N–H and O–H groups in total. The monoisotopic (exact) mass is 329 g/mol. The minimum Gasteiger partial charge on any atom is -0.497 e. The number of methoxy groups -OCH3 is 1. The average molecular weight is 329 g/mol. The lowest BCUT2D eigenvalue weighted by molar-refractivity contribution is -0.0122. The van der Waals surface area contributed by atoms with Gasteiger partial charge in [0, 0.05) is 5.41 Å². The van der Waals surface area contributed by atoms with E-state index in [0.717, 1.165) is 37.1 Å². The Bertz CT molecular complexity index is 671. The Balaban J connectivity index is 1.67. The van der Waals surface area contributed by atoms with E-state index in [0.29, 0.717) is 17.8 Å². The molecule has 4 rings (SSSR count). The summed E-state index contributed by atoms with van der Waals surface area (Å²) in [6, 6.07) is 6.57. The molecule has 0 aromatic heterocycles. The highest BCUT2D eigenvalue weighted by molar-refractivity contribution is 5.91. The fraction of sp³-hybridized carbons (Fsp3) is 0.650. The maximum absolute atomic E-state index is 10.8. The van der Waals surface area contributed by atoms with Gasteiger partial charge in [0.25, 0.3) is 0 Å². The Morgan fingerprint density at radius 2 is 2.08 bits per heavy atom. The van der Waals surface area contributed by atoms with Gasteiger partial charge >= 0.3 is 0 Å². The van der Waals surface area contributed by atoms with Crippen molar-refractivity contribution in [2.24, 2.45) is 22.4 Å². The second-order valence-electron chi connectivity index (χ2n) is 7.90. The van der Waals surface area contributed by atoms with E-state index in [-0.39, 0.29) is 5.41 Å². The summed E-state index contributed by atoms with van der Waals surface area (Å²) in [5.74, 6) is 2.68. The smallest absolute Gasteiger partial charge is 0.119 e. The van der Waals surface area contributed by atoms with Crippen molar-refractivity contribution in [3.63, 3.8) is 0 Å². The van der Waals surface area contributed by atoms with E-state index in [2.05, 4.69) is 30.3 Å². The number of aliphatic hydroxyl groups is 1. The van der Waals surface area contributed by atoms with Crippen molar-refractivity contribution < 1.29 is 14.7 Å². The first-order chi connectivity index (χ1) is 11.6. The van der Waals surface area contributed by atoms with Gasteiger partial charge in [0.15, 0.2) is 0 Å². The highest BCUT2D eigenvalue weighted by atomic mass is 16.6. The van der Waals surface area contributed by atoms with Gasteiger partial charge in [0.1, 0.15) is 19.0 Å². The predicted molar refractivity (Wildman–Crippen MR) is 93.4 cm³/mol. The minimum atomic E-state index is -0.458. The molecule has 3 aliphatic carbocycles. The first-order valence-corrected chi connectivity index (χ1v) is 9.03. The van der Waals surface area contributed by atoms with Crippen LogP contribution in [0.5, 0.6) is 5.75 Å². The van der Waals surface area contributed by atoms with Gasteiger partial charge < -0.3 is 14.7 Å². The van der Waals surface area contributed by atoms with Crippen molar-refractivity contribution in [1.82, 2.24) is 0 Å². The van der Waals surface area contributed by atoms with Crippen LogP contribution in [0.1, 0.15) is 49.7 Å². The van der Waals surface area contributed by atoms with Crippen molar-refractivity contribution >= 4 is 5.71 Å². The Hall–Kier alpha value is -1.55. The summed E-state index contributed by atoms with van der Waals surface area (Å²) in [4.78, 5) is 4.98. The van der Waals surface area contributed by atoms with E-state index < -0.39 is 6.10 Å². The van der Waals surface area contributed by atoms with Crippen LogP contribution >= 0.6 is 0 Å². The summed E-state index contributed by atoms with van der Waals surface area (Å²) >= 11 is 0. The van der Waals surface area contributed by atoms with Crippen LogP contribution in [0.2, 0.25) is 0 Å². The van der Waals surface area contributed by atoms with Crippen molar-refractivity contribution in [3.05, 3.63) is 29.3 Å². The fourth-order valence-corrected chi connectivity index (χ4v) is 5.68. The number of ether oxygens (including phenoxy) is 1. The zero-order valence-corrected chi connectivity index (χ0v) is 14.8. The topological polar surface area (TPSA) is 51.0 Å². The van der Waals surface area contributed by atoms with Crippen LogP contribution in [0, 0.1) is 17.3 Å². The Morgan fingerprint density at radius 1 is 1.25 bits per heavy atom. The maximum Gasteiger partial charge on any atom is 0.119 e. The molecule has 0 saturated heterocycles.